The quantitative estimate of drug-likeness (QED) is 0.0946. The van der Waals surface area contributed by atoms with Crippen LogP contribution in [0.1, 0.15) is 92.9 Å². The molecule has 1 heterocycles. The Bertz CT molecular complexity index is 1120. The van der Waals surface area contributed by atoms with Gasteiger partial charge in [0.2, 0.25) is 35.4 Å². The van der Waals surface area contributed by atoms with E-state index in [1.165, 1.54) is 19.1 Å². The Hall–Kier alpha value is -3.30. The minimum absolute atomic E-state index is 0.00179. The molecule has 0 saturated carbocycles. The zero-order valence-electron chi connectivity index (χ0n) is 31.9. The van der Waals surface area contributed by atoms with Crippen molar-refractivity contribution >= 4 is 35.4 Å². The normalized spacial score (nSPS) is 17.6. The number of carbonyl (C=O) groups excluding carboxylic acids is 6. The van der Waals surface area contributed by atoms with Gasteiger partial charge >= 0.3 is 0 Å². The Labute approximate surface area is 298 Å². The van der Waals surface area contributed by atoms with Crippen LogP contribution in [0.15, 0.2) is 0 Å². The summed E-state index contributed by atoms with van der Waals surface area (Å²) in [6.45, 7) is 11.4. The van der Waals surface area contributed by atoms with Gasteiger partial charge in [-0.25, -0.2) is 0 Å². The molecule has 1 aliphatic heterocycles. The van der Waals surface area contributed by atoms with Crippen molar-refractivity contribution in [2.24, 2.45) is 17.6 Å². The lowest BCUT2D eigenvalue weighted by atomic mass is 9.90. The van der Waals surface area contributed by atoms with E-state index in [-0.39, 0.29) is 67.6 Å². The van der Waals surface area contributed by atoms with Gasteiger partial charge in [-0.05, 0) is 39.0 Å². The monoisotopic (exact) mass is 711 g/mol. The summed E-state index contributed by atoms with van der Waals surface area (Å²) in [5.74, 6) is -2.48. The van der Waals surface area contributed by atoms with Gasteiger partial charge in [0.15, 0.2) is 0 Å². The molecule has 15 nitrogen and oxygen atoms in total. The lowest BCUT2D eigenvalue weighted by molar-refractivity contribution is -0.146. The number of nitrogens with one attached hydrogen (secondary N) is 4. The van der Waals surface area contributed by atoms with Crippen LogP contribution >= 0.6 is 0 Å². The van der Waals surface area contributed by atoms with Crippen molar-refractivity contribution in [1.29, 1.82) is 0 Å². The second kappa shape index (κ2) is 22.5. The van der Waals surface area contributed by atoms with Crippen molar-refractivity contribution in [1.82, 2.24) is 31.1 Å². The SMILES string of the molecule is CCCCCC(=O)NCCNC(=O)CNC(=O)[C@H](C)[C@@H](OC)[C@@H]1CCCN1C(=O)C[C@@H](OC)[C@H]([C@@H](C)CC)N(C)C(=O)CNC(=O)C(C)(C)N. The molecule has 6 atom stereocenters. The molecule has 0 aromatic heterocycles. The highest BCUT2D eigenvalue weighted by Gasteiger charge is 2.42. The average Bonchev–Trinajstić information content (AvgIpc) is 3.56. The molecular formula is C35H65N7O8. The molecule has 6 amide bonds. The molecule has 0 aromatic rings. The zero-order chi connectivity index (χ0) is 38.0. The summed E-state index contributed by atoms with van der Waals surface area (Å²) in [6.07, 6.45) is 4.14. The summed E-state index contributed by atoms with van der Waals surface area (Å²) in [6, 6.07) is -0.835. The minimum Gasteiger partial charge on any atom is -0.379 e. The van der Waals surface area contributed by atoms with Crippen molar-refractivity contribution in [3.05, 3.63) is 0 Å². The number of methoxy groups -OCH3 is 2. The maximum Gasteiger partial charge on any atom is 0.242 e. The van der Waals surface area contributed by atoms with Gasteiger partial charge in [0.1, 0.15) is 0 Å². The molecule has 0 bridgehead atoms. The van der Waals surface area contributed by atoms with Crippen LogP contribution in [0.4, 0.5) is 0 Å². The van der Waals surface area contributed by atoms with Crippen LogP contribution in [0.5, 0.6) is 0 Å². The molecule has 1 aliphatic rings. The van der Waals surface area contributed by atoms with Crippen LogP contribution in [0.2, 0.25) is 0 Å². The Morgan fingerprint density at radius 3 is 2.12 bits per heavy atom. The number of likely N-dealkylation sites (tertiary alicyclic amines) is 1. The van der Waals surface area contributed by atoms with E-state index in [1.807, 2.05) is 13.8 Å². The van der Waals surface area contributed by atoms with Gasteiger partial charge in [-0.1, -0.05) is 47.0 Å². The molecule has 1 saturated heterocycles. The number of hydrogen-bond donors (Lipinski definition) is 5. The number of ether oxygens (including phenoxy) is 2. The Morgan fingerprint density at radius 1 is 0.920 bits per heavy atom. The fourth-order valence-corrected chi connectivity index (χ4v) is 6.25. The van der Waals surface area contributed by atoms with Crippen LogP contribution in [0.3, 0.4) is 0 Å². The first-order chi connectivity index (χ1) is 23.5. The van der Waals surface area contributed by atoms with E-state index >= 15 is 0 Å². The highest BCUT2D eigenvalue weighted by molar-refractivity contribution is 5.89. The van der Waals surface area contributed by atoms with Crippen LogP contribution in [0.25, 0.3) is 0 Å². The highest BCUT2D eigenvalue weighted by atomic mass is 16.5. The molecule has 50 heavy (non-hydrogen) atoms. The third kappa shape index (κ3) is 14.5. The summed E-state index contributed by atoms with van der Waals surface area (Å²) >= 11 is 0. The number of nitrogens with two attached hydrogens (primary N) is 1. The van der Waals surface area contributed by atoms with Crippen molar-refractivity contribution in [3.8, 4) is 0 Å². The second-order valence-electron chi connectivity index (χ2n) is 13.9. The van der Waals surface area contributed by atoms with Crippen LogP contribution in [-0.2, 0) is 38.2 Å². The standard InChI is InChI=1S/C35H65N7O8/c1-10-12-13-16-27(43)37-17-18-38-28(44)21-39-33(47)24(4)32(50-9)25-15-14-19-42(25)29(45)20-26(49-8)31(23(3)11-2)41(7)30(46)22-40-34(48)35(5,6)36/h23-26,31-32H,10-22,36H2,1-9H3,(H,37,43)(H,38,44)(H,39,47)(H,40,48)/t23-,24+,25-,26+,31-,32+/m0/s1. The summed E-state index contributed by atoms with van der Waals surface area (Å²) in [7, 11) is 4.65. The fourth-order valence-electron chi connectivity index (χ4n) is 6.25. The number of hydrogen-bond acceptors (Lipinski definition) is 9. The van der Waals surface area contributed by atoms with E-state index in [2.05, 4.69) is 28.2 Å². The molecular weight excluding hydrogens is 646 g/mol. The molecule has 288 valence electrons. The summed E-state index contributed by atoms with van der Waals surface area (Å²) in [4.78, 5) is 79.8. The number of nitrogens with zero attached hydrogens (tertiary/aromatic N) is 2. The molecule has 1 fully saturated rings. The predicted molar refractivity (Wildman–Crippen MR) is 191 cm³/mol. The lowest BCUT2D eigenvalue weighted by Gasteiger charge is -2.39. The first kappa shape index (κ1) is 44.7. The molecule has 15 heteroatoms. The van der Waals surface area contributed by atoms with Gasteiger partial charge < -0.3 is 46.3 Å². The minimum atomic E-state index is -1.14. The number of amides is 6. The lowest BCUT2D eigenvalue weighted by Crippen LogP contribution is -2.56. The van der Waals surface area contributed by atoms with Gasteiger partial charge in [0.05, 0.1) is 55.3 Å². The van der Waals surface area contributed by atoms with Crippen molar-refractivity contribution in [3.63, 3.8) is 0 Å². The van der Waals surface area contributed by atoms with E-state index < -0.39 is 35.6 Å². The Kier molecular flexibility index (Phi) is 20.1. The van der Waals surface area contributed by atoms with E-state index in [4.69, 9.17) is 15.2 Å². The Balaban J connectivity index is 2.83. The predicted octanol–water partition coefficient (Wildman–Crippen LogP) is 0.689. The van der Waals surface area contributed by atoms with Crippen LogP contribution in [0, 0.1) is 11.8 Å². The maximum atomic E-state index is 13.9. The van der Waals surface area contributed by atoms with Crippen LogP contribution < -0.4 is 27.0 Å². The second-order valence-corrected chi connectivity index (χ2v) is 13.9. The number of unbranched alkanes of at least 4 members (excludes halogenated alkanes) is 2. The zero-order valence-corrected chi connectivity index (χ0v) is 31.9. The third-order valence-corrected chi connectivity index (χ3v) is 9.49. The van der Waals surface area contributed by atoms with Gasteiger partial charge in [-0.15, -0.1) is 0 Å². The van der Waals surface area contributed by atoms with Crippen LogP contribution in [-0.4, -0.2) is 129 Å². The first-order valence-corrected chi connectivity index (χ1v) is 18.0. The fraction of sp³-hybridized carbons (Fsp3) is 0.829. The largest absolute Gasteiger partial charge is 0.379 e. The number of likely N-dealkylation sites (N-methyl/N-ethyl adjacent to an activating group) is 1. The topological polar surface area (TPSA) is 202 Å². The van der Waals surface area contributed by atoms with Gasteiger partial charge in [-0.2, -0.15) is 0 Å². The highest BCUT2D eigenvalue weighted by Crippen LogP contribution is 2.29. The summed E-state index contributed by atoms with van der Waals surface area (Å²) < 4.78 is 11.6. The number of carbonyl (C=O) groups is 6. The third-order valence-electron chi connectivity index (χ3n) is 9.49. The van der Waals surface area contributed by atoms with E-state index in [0.29, 0.717) is 25.9 Å². The number of rotatable bonds is 23. The molecule has 6 N–H and O–H groups in total. The molecule has 0 radical (unpaired) electrons. The van der Waals surface area contributed by atoms with Gasteiger partial charge in [0, 0.05) is 47.3 Å². The van der Waals surface area contributed by atoms with E-state index in [1.54, 1.807) is 32.7 Å². The summed E-state index contributed by atoms with van der Waals surface area (Å²) in [5, 5.41) is 10.7. The average molecular weight is 712 g/mol. The maximum absolute atomic E-state index is 13.9. The van der Waals surface area contributed by atoms with Crippen molar-refractivity contribution in [2.75, 3.05) is 54.0 Å². The molecule has 0 aromatic carbocycles. The van der Waals surface area contributed by atoms with Crippen molar-refractivity contribution < 1.29 is 38.2 Å². The molecule has 0 unspecified atom stereocenters. The smallest absolute Gasteiger partial charge is 0.242 e. The van der Waals surface area contributed by atoms with Crippen molar-refractivity contribution in [2.45, 2.75) is 123 Å². The molecule has 0 spiro atoms. The molecule has 1 rings (SSSR count). The molecule has 0 aliphatic carbocycles. The first-order valence-electron chi connectivity index (χ1n) is 18.0. The van der Waals surface area contributed by atoms with E-state index in [0.717, 1.165) is 32.1 Å². The van der Waals surface area contributed by atoms with Gasteiger partial charge in [-0.3, -0.25) is 28.8 Å². The summed E-state index contributed by atoms with van der Waals surface area (Å²) in [5.41, 5.74) is 4.71. The Morgan fingerprint density at radius 2 is 1.56 bits per heavy atom. The van der Waals surface area contributed by atoms with E-state index in [9.17, 15) is 28.8 Å². The van der Waals surface area contributed by atoms with Gasteiger partial charge in [0.25, 0.3) is 0 Å².